The van der Waals surface area contributed by atoms with Gasteiger partial charge in [0.1, 0.15) is 6.54 Å². The molecule has 4 aromatic rings. The van der Waals surface area contributed by atoms with E-state index in [4.69, 9.17) is 11.6 Å². The van der Waals surface area contributed by atoms with Crippen LogP contribution in [-0.2, 0) is 11.3 Å². The maximum Gasteiger partial charge on any atom is 0.267 e. The molecule has 3 heterocycles. The van der Waals surface area contributed by atoms with E-state index in [1.165, 1.54) is 17.4 Å². The molecule has 0 radical (unpaired) electrons. The summed E-state index contributed by atoms with van der Waals surface area (Å²) in [6.45, 7) is -0.218. The minimum atomic E-state index is -0.386. The summed E-state index contributed by atoms with van der Waals surface area (Å²) in [4.78, 5) is 32.9. The Hall–Kier alpha value is -3.36. The molecule has 0 atom stereocenters. The largest absolute Gasteiger partial charge is 0.300 e. The van der Waals surface area contributed by atoms with Crippen molar-refractivity contribution < 1.29 is 4.79 Å². The molecular weight excluding hydrogens is 410 g/mol. The number of carbonyl (C=O) groups excluding carboxylic acids is 1. The average Bonchev–Trinajstić information content (AvgIpc) is 3.19. The molecular formula is C20H14ClN5O2S. The van der Waals surface area contributed by atoms with Crippen LogP contribution in [0.1, 0.15) is 0 Å². The average molecular weight is 424 g/mol. The number of hydrogen-bond donors (Lipinski definition) is 1. The van der Waals surface area contributed by atoms with Crippen molar-refractivity contribution in [2.75, 3.05) is 5.32 Å². The highest BCUT2D eigenvalue weighted by molar-refractivity contribution is 7.14. The van der Waals surface area contributed by atoms with Crippen LogP contribution in [0, 0.1) is 0 Å². The lowest BCUT2D eigenvalue weighted by Gasteiger charge is -2.07. The predicted molar refractivity (Wildman–Crippen MR) is 113 cm³/mol. The number of anilines is 1. The molecule has 0 saturated carbocycles. The second-order valence-electron chi connectivity index (χ2n) is 6.04. The van der Waals surface area contributed by atoms with Crippen LogP contribution >= 0.6 is 22.9 Å². The zero-order valence-electron chi connectivity index (χ0n) is 14.9. The lowest BCUT2D eigenvalue weighted by Crippen LogP contribution is -2.29. The van der Waals surface area contributed by atoms with Gasteiger partial charge < -0.3 is 5.32 Å². The third-order valence-corrected chi connectivity index (χ3v) is 5.04. The summed E-state index contributed by atoms with van der Waals surface area (Å²) >= 11 is 7.21. The molecule has 0 aliphatic rings. The van der Waals surface area contributed by atoms with E-state index < -0.39 is 0 Å². The first-order valence-corrected chi connectivity index (χ1v) is 9.84. The molecule has 4 rings (SSSR count). The van der Waals surface area contributed by atoms with Crippen molar-refractivity contribution in [2.45, 2.75) is 6.54 Å². The Bertz CT molecular complexity index is 1210. The fourth-order valence-corrected chi connectivity index (χ4v) is 3.48. The molecule has 0 bridgehead atoms. The van der Waals surface area contributed by atoms with E-state index in [2.05, 4.69) is 20.4 Å². The number of nitrogens with one attached hydrogen (secondary N) is 1. The van der Waals surface area contributed by atoms with Gasteiger partial charge in [0.2, 0.25) is 5.91 Å². The van der Waals surface area contributed by atoms with Gasteiger partial charge in [0.25, 0.3) is 5.56 Å². The van der Waals surface area contributed by atoms with Gasteiger partial charge in [-0.05, 0) is 30.3 Å². The molecule has 7 nitrogen and oxygen atoms in total. The zero-order valence-corrected chi connectivity index (χ0v) is 16.5. The van der Waals surface area contributed by atoms with Gasteiger partial charge in [0, 0.05) is 40.0 Å². The Labute approximate surface area is 174 Å². The molecule has 1 N–H and O–H groups in total. The Balaban J connectivity index is 1.49. The van der Waals surface area contributed by atoms with Crippen LogP contribution in [0.2, 0.25) is 5.02 Å². The maximum absolute atomic E-state index is 12.4. The zero-order chi connectivity index (χ0) is 20.2. The minimum absolute atomic E-state index is 0.218. The Morgan fingerprint density at radius 1 is 1.00 bits per heavy atom. The molecule has 9 heteroatoms. The van der Waals surface area contributed by atoms with Crippen molar-refractivity contribution in [1.82, 2.24) is 19.7 Å². The van der Waals surface area contributed by atoms with Gasteiger partial charge in [-0.1, -0.05) is 23.7 Å². The predicted octanol–water partition coefficient (Wildman–Crippen LogP) is 3.72. The number of rotatable bonds is 5. The first-order chi connectivity index (χ1) is 14.1. The van der Waals surface area contributed by atoms with Crippen molar-refractivity contribution >= 4 is 34.0 Å². The van der Waals surface area contributed by atoms with Crippen LogP contribution in [0.3, 0.4) is 0 Å². The van der Waals surface area contributed by atoms with Crippen LogP contribution in [0.25, 0.3) is 22.5 Å². The Morgan fingerprint density at radius 3 is 2.48 bits per heavy atom. The molecule has 1 amide bonds. The number of carbonyl (C=O) groups is 1. The van der Waals surface area contributed by atoms with Crippen LogP contribution < -0.4 is 10.9 Å². The maximum atomic E-state index is 12.4. The monoisotopic (exact) mass is 423 g/mol. The second-order valence-corrected chi connectivity index (χ2v) is 7.34. The molecule has 0 aliphatic carbocycles. The van der Waals surface area contributed by atoms with E-state index in [1.54, 1.807) is 42.7 Å². The Morgan fingerprint density at radius 2 is 1.72 bits per heavy atom. The number of pyridine rings is 1. The van der Waals surface area contributed by atoms with Crippen LogP contribution in [-0.4, -0.2) is 25.7 Å². The summed E-state index contributed by atoms with van der Waals surface area (Å²) in [5, 5.41) is 9.89. The van der Waals surface area contributed by atoms with Crippen molar-refractivity contribution in [2.24, 2.45) is 0 Å². The fourth-order valence-electron chi connectivity index (χ4n) is 2.62. The fraction of sp³-hybridized carbons (Fsp3) is 0.0500. The van der Waals surface area contributed by atoms with Gasteiger partial charge in [-0.2, -0.15) is 5.10 Å². The smallest absolute Gasteiger partial charge is 0.267 e. The van der Waals surface area contributed by atoms with Crippen LogP contribution in [0.5, 0.6) is 0 Å². The molecule has 144 valence electrons. The summed E-state index contributed by atoms with van der Waals surface area (Å²) in [5.41, 5.74) is 2.65. The minimum Gasteiger partial charge on any atom is -0.300 e. The highest BCUT2D eigenvalue weighted by Crippen LogP contribution is 2.24. The van der Waals surface area contributed by atoms with Crippen LogP contribution in [0.4, 0.5) is 5.13 Å². The van der Waals surface area contributed by atoms with E-state index in [-0.39, 0.29) is 18.0 Å². The molecule has 0 fully saturated rings. The van der Waals surface area contributed by atoms with Crippen LogP contribution in [0.15, 0.2) is 71.1 Å². The number of amides is 1. The number of aromatic nitrogens is 4. The second kappa shape index (κ2) is 8.34. The van der Waals surface area contributed by atoms with Crippen molar-refractivity contribution in [3.8, 4) is 22.5 Å². The van der Waals surface area contributed by atoms with E-state index >= 15 is 0 Å². The number of thiazole rings is 1. The molecule has 0 saturated heterocycles. The van der Waals surface area contributed by atoms with Gasteiger partial charge in [-0.3, -0.25) is 14.6 Å². The van der Waals surface area contributed by atoms with E-state index in [0.717, 1.165) is 21.5 Å². The summed E-state index contributed by atoms with van der Waals surface area (Å²) in [6, 6.07) is 13.8. The summed E-state index contributed by atoms with van der Waals surface area (Å²) < 4.78 is 1.12. The Kier molecular flexibility index (Phi) is 5.46. The highest BCUT2D eigenvalue weighted by Gasteiger charge is 2.11. The molecule has 1 aromatic carbocycles. The first kappa shape index (κ1) is 19.0. The molecule has 0 aliphatic heterocycles. The normalized spacial score (nSPS) is 10.7. The van der Waals surface area contributed by atoms with Gasteiger partial charge in [-0.15, -0.1) is 11.3 Å². The van der Waals surface area contributed by atoms with E-state index in [9.17, 15) is 9.59 Å². The van der Waals surface area contributed by atoms with Gasteiger partial charge in [0.15, 0.2) is 5.13 Å². The third kappa shape index (κ3) is 4.56. The highest BCUT2D eigenvalue weighted by atomic mass is 35.5. The molecule has 0 spiro atoms. The number of hydrogen-bond acceptors (Lipinski definition) is 6. The van der Waals surface area contributed by atoms with Gasteiger partial charge in [0.05, 0.1) is 11.4 Å². The lowest BCUT2D eigenvalue weighted by molar-refractivity contribution is -0.117. The van der Waals surface area contributed by atoms with Crippen molar-refractivity contribution in [3.05, 3.63) is 81.7 Å². The number of benzene rings is 1. The summed E-state index contributed by atoms with van der Waals surface area (Å²) in [7, 11) is 0. The van der Waals surface area contributed by atoms with Gasteiger partial charge in [-0.25, -0.2) is 9.67 Å². The number of nitrogens with zero attached hydrogens (tertiary/aromatic N) is 4. The summed E-state index contributed by atoms with van der Waals surface area (Å²) in [5.74, 6) is -0.386. The molecule has 3 aromatic heterocycles. The van der Waals surface area contributed by atoms with Gasteiger partial charge >= 0.3 is 0 Å². The quantitative estimate of drug-likeness (QED) is 0.528. The topological polar surface area (TPSA) is 89.8 Å². The number of halogens is 1. The lowest BCUT2D eigenvalue weighted by atomic mass is 10.1. The third-order valence-electron chi connectivity index (χ3n) is 4.03. The van der Waals surface area contributed by atoms with E-state index in [0.29, 0.717) is 15.8 Å². The van der Waals surface area contributed by atoms with E-state index in [1.807, 2.05) is 17.5 Å². The summed E-state index contributed by atoms with van der Waals surface area (Å²) in [6.07, 6.45) is 3.36. The molecule has 29 heavy (non-hydrogen) atoms. The van der Waals surface area contributed by atoms with Crippen molar-refractivity contribution in [1.29, 1.82) is 0 Å². The molecule has 0 unspecified atom stereocenters. The SMILES string of the molecule is O=C(Cn1nc(-c2ccc(Cl)cc2)ccc1=O)Nc1nc(-c2ccncc2)cs1. The van der Waals surface area contributed by atoms with Crippen molar-refractivity contribution in [3.63, 3.8) is 0 Å². The first-order valence-electron chi connectivity index (χ1n) is 8.58. The standard InChI is InChI=1S/C20H14ClN5O2S/c21-15-3-1-13(2-4-15)16-5-6-19(28)26(25-16)11-18(27)24-20-23-17(12-29-20)14-7-9-22-10-8-14/h1-10,12H,11H2,(H,23,24,27).